The first kappa shape index (κ1) is 17.7. The number of nitrogens with one attached hydrogen (secondary N) is 2. The first-order valence-electron chi connectivity index (χ1n) is 8.57. The molecule has 26 heavy (non-hydrogen) atoms. The third-order valence-corrected chi connectivity index (χ3v) is 5.35. The van der Waals surface area contributed by atoms with E-state index < -0.39 is 22.5 Å². The van der Waals surface area contributed by atoms with Gasteiger partial charge in [0.2, 0.25) is 0 Å². The van der Waals surface area contributed by atoms with Gasteiger partial charge in [-0.2, -0.15) is 13.5 Å². The zero-order valence-corrected chi connectivity index (χ0v) is 14.8. The highest BCUT2D eigenvalue weighted by atomic mass is 32.3. The SMILES string of the molecule is O=C1N2C[C@@H](CC[C@@H]2c2cc(CCNC3CNC3)on2)N1OS(=O)(=O)O. The number of amides is 2. The van der Waals surface area contributed by atoms with E-state index in [1.807, 2.05) is 6.07 Å². The first-order chi connectivity index (χ1) is 12.4. The average Bonchev–Trinajstić information content (AvgIpc) is 3.09. The van der Waals surface area contributed by atoms with Crippen molar-refractivity contribution in [2.45, 2.75) is 37.4 Å². The lowest BCUT2D eigenvalue weighted by Crippen LogP contribution is -2.55. The van der Waals surface area contributed by atoms with Crippen molar-refractivity contribution in [3.63, 3.8) is 0 Å². The molecule has 2 amide bonds. The Labute approximate surface area is 150 Å². The molecule has 1 aromatic heterocycles. The Hall–Kier alpha value is -1.73. The van der Waals surface area contributed by atoms with Crippen molar-refractivity contribution in [3.8, 4) is 0 Å². The van der Waals surface area contributed by atoms with Crippen LogP contribution in [0.15, 0.2) is 10.6 Å². The van der Waals surface area contributed by atoms with Gasteiger partial charge in [0.15, 0.2) is 0 Å². The molecule has 3 aliphatic rings. The molecule has 2 atom stereocenters. The van der Waals surface area contributed by atoms with E-state index >= 15 is 0 Å². The summed E-state index contributed by atoms with van der Waals surface area (Å²) in [7, 11) is -4.74. The highest BCUT2D eigenvalue weighted by Gasteiger charge is 2.48. The maximum atomic E-state index is 12.4. The van der Waals surface area contributed by atoms with Crippen LogP contribution in [0.5, 0.6) is 0 Å². The monoisotopic (exact) mass is 387 g/mol. The Morgan fingerprint density at radius 3 is 2.92 bits per heavy atom. The van der Waals surface area contributed by atoms with Crippen molar-refractivity contribution in [1.29, 1.82) is 0 Å². The predicted octanol–water partition coefficient (Wildman–Crippen LogP) is -0.546. The van der Waals surface area contributed by atoms with E-state index in [1.165, 1.54) is 4.90 Å². The number of piperidine rings is 1. The Morgan fingerprint density at radius 2 is 2.23 bits per heavy atom. The molecule has 3 N–H and O–H groups in total. The summed E-state index contributed by atoms with van der Waals surface area (Å²) in [4.78, 5) is 13.9. The molecule has 1 aromatic rings. The molecular weight excluding hydrogens is 366 g/mol. The molecule has 0 unspecified atom stereocenters. The molecule has 12 heteroatoms. The third-order valence-electron chi connectivity index (χ3n) is 5.00. The number of nitrogens with zero attached hydrogens (tertiary/aromatic N) is 3. The van der Waals surface area contributed by atoms with E-state index in [0.717, 1.165) is 30.5 Å². The van der Waals surface area contributed by atoms with Gasteiger partial charge in [0.25, 0.3) is 0 Å². The Bertz CT molecular complexity index is 779. The molecule has 3 aliphatic heterocycles. The van der Waals surface area contributed by atoms with E-state index in [9.17, 15) is 13.2 Å². The van der Waals surface area contributed by atoms with Crippen LogP contribution in [-0.4, -0.2) is 72.4 Å². The number of hydroxylamine groups is 2. The van der Waals surface area contributed by atoms with Crippen LogP contribution in [0.2, 0.25) is 0 Å². The van der Waals surface area contributed by atoms with Gasteiger partial charge in [-0.15, -0.1) is 4.28 Å². The summed E-state index contributed by atoms with van der Waals surface area (Å²) in [6.45, 7) is 3.05. The fourth-order valence-electron chi connectivity index (χ4n) is 3.58. The molecular formula is C14H21N5O6S. The van der Waals surface area contributed by atoms with E-state index in [-0.39, 0.29) is 6.04 Å². The van der Waals surface area contributed by atoms with Crippen LogP contribution in [0.3, 0.4) is 0 Å². The molecule has 0 aliphatic carbocycles. The number of aromatic nitrogens is 1. The summed E-state index contributed by atoms with van der Waals surface area (Å²) in [5.41, 5.74) is 0.644. The van der Waals surface area contributed by atoms with Gasteiger partial charge in [-0.3, -0.25) is 4.55 Å². The number of carbonyl (C=O) groups is 1. The van der Waals surface area contributed by atoms with Crippen LogP contribution in [0, 0.1) is 0 Å². The minimum absolute atomic E-state index is 0.296. The minimum atomic E-state index is -4.74. The number of carbonyl (C=O) groups excluding carboxylic acids is 1. The van der Waals surface area contributed by atoms with Gasteiger partial charge in [0.1, 0.15) is 11.5 Å². The Balaban J connectivity index is 1.38. The van der Waals surface area contributed by atoms with Crippen LogP contribution in [0.25, 0.3) is 0 Å². The highest BCUT2D eigenvalue weighted by molar-refractivity contribution is 7.80. The number of urea groups is 1. The third kappa shape index (κ3) is 3.55. The van der Waals surface area contributed by atoms with Gasteiger partial charge in [-0.25, -0.2) is 4.79 Å². The van der Waals surface area contributed by atoms with Crippen LogP contribution in [0.4, 0.5) is 4.79 Å². The Kier molecular flexibility index (Phi) is 4.61. The van der Waals surface area contributed by atoms with Crippen LogP contribution < -0.4 is 10.6 Å². The molecule has 11 nitrogen and oxygen atoms in total. The summed E-state index contributed by atoms with van der Waals surface area (Å²) in [5.74, 6) is 0.736. The lowest BCUT2D eigenvalue weighted by molar-refractivity contribution is -0.0317. The highest BCUT2D eigenvalue weighted by Crippen LogP contribution is 2.38. The minimum Gasteiger partial charge on any atom is -0.361 e. The lowest BCUT2D eigenvalue weighted by Gasteiger charge is -2.28. The maximum Gasteiger partial charge on any atom is 0.418 e. The number of hydrogen-bond acceptors (Lipinski definition) is 8. The first-order valence-corrected chi connectivity index (χ1v) is 9.93. The van der Waals surface area contributed by atoms with Gasteiger partial charge in [-0.1, -0.05) is 5.16 Å². The molecule has 2 bridgehead atoms. The van der Waals surface area contributed by atoms with Gasteiger partial charge in [0.05, 0.1) is 12.1 Å². The largest absolute Gasteiger partial charge is 0.418 e. The number of fused-ring (bicyclic) bond motifs is 2. The summed E-state index contributed by atoms with van der Waals surface area (Å²) >= 11 is 0. The Morgan fingerprint density at radius 1 is 1.42 bits per heavy atom. The number of rotatable bonds is 7. The fourth-order valence-corrected chi connectivity index (χ4v) is 3.96. The second-order valence-corrected chi connectivity index (χ2v) is 7.79. The predicted molar refractivity (Wildman–Crippen MR) is 87.2 cm³/mol. The molecule has 3 saturated heterocycles. The summed E-state index contributed by atoms with van der Waals surface area (Å²) in [6, 6.07) is 1.04. The van der Waals surface area contributed by atoms with E-state index in [2.05, 4.69) is 20.1 Å². The van der Waals surface area contributed by atoms with Crippen LogP contribution >= 0.6 is 0 Å². The van der Waals surface area contributed by atoms with E-state index in [4.69, 9.17) is 9.08 Å². The molecule has 0 radical (unpaired) electrons. The topological polar surface area (TPSA) is 137 Å². The summed E-state index contributed by atoms with van der Waals surface area (Å²) in [5, 5.41) is 11.4. The van der Waals surface area contributed by atoms with E-state index in [0.29, 0.717) is 37.5 Å². The van der Waals surface area contributed by atoms with Gasteiger partial charge >= 0.3 is 16.4 Å². The van der Waals surface area contributed by atoms with Gasteiger partial charge in [0, 0.05) is 44.7 Å². The van der Waals surface area contributed by atoms with Crippen molar-refractivity contribution in [1.82, 2.24) is 25.8 Å². The molecule has 144 valence electrons. The molecule has 0 saturated carbocycles. The van der Waals surface area contributed by atoms with Gasteiger partial charge in [-0.05, 0) is 12.8 Å². The molecule has 4 heterocycles. The van der Waals surface area contributed by atoms with Crippen molar-refractivity contribution in [2.24, 2.45) is 0 Å². The smallest absolute Gasteiger partial charge is 0.361 e. The summed E-state index contributed by atoms with van der Waals surface area (Å²) in [6.07, 6.45) is 1.85. The van der Waals surface area contributed by atoms with Crippen molar-refractivity contribution >= 4 is 16.4 Å². The molecule has 4 rings (SSSR count). The van der Waals surface area contributed by atoms with Crippen molar-refractivity contribution in [3.05, 3.63) is 17.5 Å². The van der Waals surface area contributed by atoms with Gasteiger partial charge < -0.3 is 20.1 Å². The maximum absolute atomic E-state index is 12.4. The molecule has 0 spiro atoms. The fraction of sp³-hybridized carbons (Fsp3) is 0.714. The second-order valence-electron chi connectivity index (χ2n) is 6.79. The zero-order chi connectivity index (χ0) is 18.3. The van der Waals surface area contributed by atoms with Crippen molar-refractivity contribution in [2.75, 3.05) is 26.2 Å². The lowest BCUT2D eigenvalue weighted by atomic mass is 9.98. The average molecular weight is 387 g/mol. The zero-order valence-electron chi connectivity index (χ0n) is 14.0. The van der Waals surface area contributed by atoms with E-state index in [1.54, 1.807) is 0 Å². The molecule has 0 aromatic carbocycles. The van der Waals surface area contributed by atoms with Crippen LogP contribution in [-0.2, 0) is 21.1 Å². The normalized spacial score (nSPS) is 26.4. The van der Waals surface area contributed by atoms with Crippen LogP contribution in [0.1, 0.15) is 30.3 Å². The standard InChI is InChI=1S/C14H21N5O6S/c20-14-18-8-10(19(14)25-26(21,22)23)1-2-13(18)12-5-11(24-17-12)3-4-16-9-6-15-7-9/h5,9-10,13,15-16H,1-4,6-8H2,(H,21,22,23)/t10-,13-/m1/s1. The van der Waals surface area contributed by atoms with Crippen molar-refractivity contribution < 1.29 is 26.6 Å². The number of hydrogen-bond donors (Lipinski definition) is 3. The molecule has 3 fully saturated rings. The second kappa shape index (κ2) is 6.78. The summed E-state index contributed by atoms with van der Waals surface area (Å²) < 4.78 is 40.5. The quantitative estimate of drug-likeness (QED) is 0.526.